The summed E-state index contributed by atoms with van der Waals surface area (Å²) < 4.78 is 48.2. The normalized spacial score (nSPS) is 12.2. The summed E-state index contributed by atoms with van der Waals surface area (Å²) in [7, 11) is 2.58. The second kappa shape index (κ2) is 5.16. The van der Waals surface area contributed by atoms with Crippen molar-refractivity contribution in [3.63, 3.8) is 0 Å². The van der Waals surface area contributed by atoms with Gasteiger partial charge in [0.1, 0.15) is 0 Å². The molecule has 0 radical (unpaired) electrons. The van der Waals surface area contributed by atoms with Gasteiger partial charge >= 0.3 is 6.18 Å². The third kappa shape index (κ3) is 2.96. The summed E-state index contributed by atoms with van der Waals surface area (Å²) in [6.07, 6.45) is -5.46. The Morgan fingerprint density at radius 3 is 2.19 bits per heavy atom. The van der Waals surface area contributed by atoms with Crippen molar-refractivity contribution in [1.29, 1.82) is 0 Å². The number of rotatable bonds is 3. The Labute approximate surface area is 99.5 Å². The van der Waals surface area contributed by atoms with E-state index in [-0.39, 0.29) is 5.56 Å². The summed E-state index contributed by atoms with van der Waals surface area (Å²) in [6, 6.07) is 3.83. The first-order valence-electron chi connectivity index (χ1n) is 4.32. The van der Waals surface area contributed by atoms with Gasteiger partial charge in [0.15, 0.2) is 6.29 Å². The van der Waals surface area contributed by atoms with Crippen LogP contribution in [-0.2, 0) is 15.7 Å². The highest BCUT2D eigenvalue weighted by atomic mass is 79.9. The second-order valence-corrected chi connectivity index (χ2v) is 3.95. The highest BCUT2D eigenvalue weighted by Crippen LogP contribution is 2.37. The van der Waals surface area contributed by atoms with E-state index in [0.717, 1.165) is 6.07 Å². The molecule has 2 nitrogen and oxygen atoms in total. The monoisotopic (exact) mass is 298 g/mol. The average molecular weight is 299 g/mol. The fraction of sp³-hybridized carbons (Fsp3) is 0.400. The van der Waals surface area contributed by atoms with Gasteiger partial charge in [-0.1, -0.05) is 22.0 Å². The number of methoxy groups -OCH3 is 2. The zero-order chi connectivity index (χ0) is 12.3. The average Bonchev–Trinajstić information content (AvgIpc) is 2.20. The van der Waals surface area contributed by atoms with Gasteiger partial charge in [-0.15, -0.1) is 0 Å². The van der Waals surface area contributed by atoms with E-state index < -0.39 is 18.0 Å². The van der Waals surface area contributed by atoms with Crippen LogP contribution in [0.2, 0.25) is 0 Å². The van der Waals surface area contributed by atoms with Crippen LogP contribution in [0.5, 0.6) is 0 Å². The van der Waals surface area contributed by atoms with Crippen molar-refractivity contribution < 1.29 is 22.6 Å². The Morgan fingerprint density at radius 2 is 1.75 bits per heavy atom. The lowest BCUT2D eigenvalue weighted by molar-refractivity contribution is -0.147. The third-order valence-corrected chi connectivity index (χ3v) is 2.50. The van der Waals surface area contributed by atoms with Crippen LogP contribution in [0.4, 0.5) is 13.2 Å². The summed E-state index contributed by atoms with van der Waals surface area (Å²) in [4.78, 5) is 0. The molecule has 90 valence electrons. The molecule has 0 atom stereocenters. The van der Waals surface area contributed by atoms with Gasteiger partial charge in [-0.3, -0.25) is 0 Å². The molecule has 1 aromatic rings. The minimum Gasteiger partial charge on any atom is -0.352 e. The molecule has 16 heavy (non-hydrogen) atoms. The summed E-state index contributed by atoms with van der Waals surface area (Å²) >= 11 is 3.00. The first kappa shape index (κ1) is 13.5. The van der Waals surface area contributed by atoms with E-state index in [1.807, 2.05) is 0 Å². The van der Waals surface area contributed by atoms with Crippen molar-refractivity contribution in [2.75, 3.05) is 14.2 Å². The van der Waals surface area contributed by atoms with Gasteiger partial charge < -0.3 is 9.47 Å². The second-order valence-electron chi connectivity index (χ2n) is 3.03. The van der Waals surface area contributed by atoms with Crippen molar-refractivity contribution in [2.24, 2.45) is 0 Å². The lowest BCUT2D eigenvalue weighted by Crippen LogP contribution is -2.14. The first-order valence-corrected chi connectivity index (χ1v) is 5.11. The van der Waals surface area contributed by atoms with Crippen LogP contribution in [0.1, 0.15) is 17.4 Å². The van der Waals surface area contributed by atoms with Gasteiger partial charge in [-0.05, 0) is 12.1 Å². The molecule has 0 aliphatic rings. The summed E-state index contributed by atoms with van der Waals surface area (Å²) in [5, 5.41) is 0. The van der Waals surface area contributed by atoms with E-state index in [4.69, 9.17) is 9.47 Å². The first-order chi connectivity index (χ1) is 7.40. The van der Waals surface area contributed by atoms with Gasteiger partial charge in [-0.25, -0.2) is 0 Å². The van der Waals surface area contributed by atoms with Crippen LogP contribution in [-0.4, -0.2) is 14.2 Å². The molecule has 0 amide bonds. The fourth-order valence-electron chi connectivity index (χ4n) is 1.33. The molecule has 0 saturated heterocycles. The molecule has 1 aromatic carbocycles. The maximum absolute atomic E-state index is 12.7. The molecular formula is C10H10BrF3O2. The third-order valence-electron chi connectivity index (χ3n) is 2.00. The lowest BCUT2D eigenvalue weighted by Gasteiger charge is -2.19. The van der Waals surface area contributed by atoms with E-state index in [1.165, 1.54) is 26.4 Å². The Bertz CT molecular complexity index is 362. The van der Waals surface area contributed by atoms with Crippen molar-refractivity contribution in [2.45, 2.75) is 12.5 Å². The van der Waals surface area contributed by atoms with E-state index in [9.17, 15) is 13.2 Å². The van der Waals surface area contributed by atoms with Crippen LogP contribution in [0.3, 0.4) is 0 Å². The van der Waals surface area contributed by atoms with Gasteiger partial charge in [0.05, 0.1) is 5.56 Å². The molecule has 0 unspecified atom stereocenters. The molecule has 6 heteroatoms. The molecule has 0 aliphatic carbocycles. The molecule has 0 aliphatic heterocycles. The minimum atomic E-state index is -4.44. The van der Waals surface area contributed by atoms with Crippen molar-refractivity contribution >= 4 is 15.9 Å². The maximum Gasteiger partial charge on any atom is 0.416 e. The quantitative estimate of drug-likeness (QED) is 0.791. The molecule has 0 fully saturated rings. The maximum atomic E-state index is 12.7. The van der Waals surface area contributed by atoms with Crippen LogP contribution in [0.25, 0.3) is 0 Å². The van der Waals surface area contributed by atoms with E-state index in [0.29, 0.717) is 4.47 Å². The predicted octanol–water partition coefficient (Wildman–Crippen LogP) is 3.76. The molecule has 0 N–H and O–H groups in total. The Hall–Kier alpha value is -0.590. The fourth-order valence-corrected chi connectivity index (χ4v) is 1.69. The molecule has 0 saturated carbocycles. The summed E-state index contributed by atoms with van der Waals surface area (Å²) in [5.74, 6) is 0. The zero-order valence-electron chi connectivity index (χ0n) is 8.64. The largest absolute Gasteiger partial charge is 0.416 e. The number of ether oxygens (including phenoxy) is 2. The van der Waals surface area contributed by atoms with Crippen LogP contribution < -0.4 is 0 Å². The van der Waals surface area contributed by atoms with E-state index in [2.05, 4.69) is 15.9 Å². The Balaban J connectivity index is 3.27. The topological polar surface area (TPSA) is 18.5 Å². The van der Waals surface area contributed by atoms with Gasteiger partial charge in [0.25, 0.3) is 0 Å². The SMILES string of the molecule is COC(OC)c1ccc(Br)cc1C(F)(F)F. The lowest BCUT2D eigenvalue weighted by atomic mass is 10.1. The van der Waals surface area contributed by atoms with Crippen molar-refractivity contribution in [3.05, 3.63) is 33.8 Å². The number of benzene rings is 1. The van der Waals surface area contributed by atoms with E-state index in [1.54, 1.807) is 0 Å². The molecule has 0 heterocycles. The highest BCUT2D eigenvalue weighted by Gasteiger charge is 2.35. The number of alkyl halides is 3. The standard InChI is InChI=1S/C10H10BrF3O2/c1-15-9(16-2)7-4-3-6(11)5-8(7)10(12,13)14/h3-5,9H,1-2H3. The zero-order valence-corrected chi connectivity index (χ0v) is 10.2. The smallest absolute Gasteiger partial charge is 0.352 e. The number of hydrogen-bond acceptors (Lipinski definition) is 2. The number of hydrogen-bond donors (Lipinski definition) is 0. The van der Waals surface area contributed by atoms with Crippen LogP contribution >= 0.6 is 15.9 Å². The molecule has 1 rings (SSSR count). The summed E-state index contributed by atoms with van der Waals surface area (Å²) in [6.45, 7) is 0. The van der Waals surface area contributed by atoms with Gasteiger partial charge in [0.2, 0.25) is 0 Å². The summed E-state index contributed by atoms with van der Waals surface area (Å²) in [5.41, 5.74) is -0.809. The van der Waals surface area contributed by atoms with E-state index >= 15 is 0 Å². The minimum absolute atomic E-state index is 0.0410. The molecule has 0 aromatic heterocycles. The highest BCUT2D eigenvalue weighted by molar-refractivity contribution is 9.10. The molecule has 0 bridgehead atoms. The Kier molecular flexibility index (Phi) is 4.35. The van der Waals surface area contributed by atoms with Gasteiger partial charge in [0, 0.05) is 24.3 Å². The Morgan fingerprint density at radius 1 is 1.19 bits per heavy atom. The van der Waals surface area contributed by atoms with Crippen molar-refractivity contribution in [1.82, 2.24) is 0 Å². The predicted molar refractivity (Wildman–Crippen MR) is 55.9 cm³/mol. The van der Waals surface area contributed by atoms with Crippen LogP contribution in [0, 0.1) is 0 Å². The van der Waals surface area contributed by atoms with Gasteiger partial charge in [-0.2, -0.15) is 13.2 Å². The molecular weight excluding hydrogens is 289 g/mol. The van der Waals surface area contributed by atoms with Crippen LogP contribution in [0.15, 0.2) is 22.7 Å². The van der Waals surface area contributed by atoms with Crippen molar-refractivity contribution in [3.8, 4) is 0 Å². The molecule has 0 spiro atoms. The number of halogens is 4.